The van der Waals surface area contributed by atoms with Crippen LogP contribution in [0.5, 0.6) is 0 Å². The largest absolute Gasteiger partial charge is 0.510 e. The number of rotatable bonds is 4. The van der Waals surface area contributed by atoms with Gasteiger partial charge in [0.2, 0.25) is 0 Å². The number of ether oxygens (including phenoxy) is 1. The molecule has 0 saturated carbocycles. The van der Waals surface area contributed by atoms with Crippen LogP contribution in [0.1, 0.15) is 0 Å². The monoisotopic (exact) mass is 130 g/mol. The lowest BCUT2D eigenvalue weighted by molar-refractivity contribution is 0.124. The van der Waals surface area contributed by atoms with E-state index in [1.165, 1.54) is 0 Å². The van der Waals surface area contributed by atoms with Gasteiger partial charge in [-0.2, -0.15) is 0 Å². The first-order chi connectivity index (χ1) is 4.13. The second-order valence-electron chi connectivity index (χ2n) is 1.63. The van der Waals surface area contributed by atoms with E-state index in [0.29, 0.717) is 0 Å². The minimum atomic E-state index is -0.0590. The van der Waals surface area contributed by atoms with Gasteiger partial charge in [-0.1, -0.05) is 13.2 Å². The quantitative estimate of drug-likeness (QED) is 0.561. The average Bonchev–Trinajstić information content (AvgIpc) is 1.63. The first-order valence-corrected chi connectivity index (χ1v) is 2.44. The van der Waals surface area contributed by atoms with Crippen molar-refractivity contribution in [3.8, 4) is 0 Å². The van der Waals surface area contributed by atoms with Crippen LogP contribution in [0.2, 0.25) is 0 Å². The van der Waals surface area contributed by atoms with Crippen molar-refractivity contribution in [2.75, 3.05) is 13.2 Å². The molecule has 0 spiro atoms. The van der Waals surface area contributed by atoms with Crippen LogP contribution in [-0.2, 0) is 4.74 Å². The third-order valence-corrected chi connectivity index (χ3v) is 0.537. The number of hydrogen-bond donors (Lipinski definition) is 2. The van der Waals surface area contributed by atoms with Gasteiger partial charge in [-0.05, 0) is 0 Å². The van der Waals surface area contributed by atoms with Gasteiger partial charge >= 0.3 is 0 Å². The number of aliphatic hydroxyl groups is 2. The van der Waals surface area contributed by atoms with E-state index in [-0.39, 0.29) is 24.7 Å². The molecule has 0 aliphatic rings. The van der Waals surface area contributed by atoms with Crippen molar-refractivity contribution in [3.05, 3.63) is 24.7 Å². The summed E-state index contributed by atoms with van der Waals surface area (Å²) in [7, 11) is 0. The Kier molecular flexibility index (Phi) is 3.55. The van der Waals surface area contributed by atoms with Gasteiger partial charge in [-0.25, -0.2) is 0 Å². The molecule has 0 unspecified atom stereocenters. The third-order valence-electron chi connectivity index (χ3n) is 0.537. The van der Waals surface area contributed by atoms with Crippen LogP contribution < -0.4 is 0 Å². The zero-order valence-corrected chi connectivity index (χ0v) is 5.13. The van der Waals surface area contributed by atoms with Crippen LogP contribution in [0.4, 0.5) is 0 Å². The summed E-state index contributed by atoms with van der Waals surface area (Å²) in [5, 5.41) is 16.9. The van der Waals surface area contributed by atoms with Crippen LogP contribution in [0, 0.1) is 0 Å². The van der Waals surface area contributed by atoms with Crippen LogP contribution in [0.15, 0.2) is 24.7 Å². The van der Waals surface area contributed by atoms with Gasteiger partial charge < -0.3 is 14.9 Å². The molecule has 0 bridgehead atoms. The molecule has 2 N–H and O–H groups in total. The molecule has 0 atom stereocenters. The predicted octanol–water partition coefficient (Wildman–Crippen LogP) is 1.15. The topological polar surface area (TPSA) is 49.7 Å². The van der Waals surface area contributed by atoms with Gasteiger partial charge in [0, 0.05) is 0 Å². The molecule has 0 rings (SSSR count). The summed E-state index contributed by atoms with van der Waals surface area (Å²) < 4.78 is 4.66. The molecule has 0 aliphatic heterocycles. The van der Waals surface area contributed by atoms with Crippen LogP contribution >= 0.6 is 0 Å². The van der Waals surface area contributed by atoms with E-state index in [9.17, 15) is 0 Å². The first-order valence-electron chi connectivity index (χ1n) is 2.44. The Morgan fingerprint density at radius 2 is 1.44 bits per heavy atom. The Labute approximate surface area is 53.9 Å². The number of aliphatic hydroxyl groups excluding tert-OH is 2. The van der Waals surface area contributed by atoms with E-state index >= 15 is 0 Å². The van der Waals surface area contributed by atoms with Crippen LogP contribution in [0.25, 0.3) is 0 Å². The molecule has 0 aromatic carbocycles. The SMILES string of the molecule is C=C(O)COCC(=C)O. The molecule has 0 aromatic heterocycles. The maximum atomic E-state index is 8.43. The van der Waals surface area contributed by atoms with Crippen LogP contribution in [0.3, 0.4) is 0 Å². The van der Waals surface area contributed by atoms with Crippen molar-refractivity contribution < 1.29 is 14.9 Å². The predicted molar refractivity (Wildman–Crippen MR) is 34.4 cm³/mol. The summed E-state index contributed by atoms with van der Waals surface area (Å²) in [6.07, 6.45) is 0. The lowest BCUT2D eigenvalue weighted by Crippen LogP contribution is -1.99. The zero-order chi connectivity index (χ0) is 7.28. The molecular weight excluding hydrogens is 120 g/mol. The molecule has 0 radical (unpaired) electrons. The lowest BCUT2D eigenvalue weighted by Gasteiger charge is -1.99. The fourth-order valence-corrected chi connectivity index (χ4v) is 0.287. The summed E-state index contributed by atoms with van der Waals surface area (Å²) in [5.74, 6) is -0.118. The van der Waals surface area contributed by atoms with Gasteiger partial charge in [-0.3, -0.25) is 0 Å². The molecule has 0 saturated heterocycles. The Morgan fingerprint density at radius 1 is 1.11 bits per heavy atom. The highest BCUT2D eigenvalue weighted by Gasteiger charge is 1.90. The van der Waals surface area contributed by atoms with Gasteiger partial charge in [0.05, 0.1) is 0 Å². The van der Waals surface area contributed by atoms with Gasteiger partial charge in [-0.15, -0.1) is 0 Å². The maximum Gasteiger partial charge on any atom is 0.111 e. The highest BCUT2D eigenvalue weighted by molar-refractivity contribution is 4.81. The highest BCUT2D eigenvalue weighted by Crippen LogP contribution is 1.87. The molecule has 52 valence electrons. The summed E-state index contributed by atoms with van der Waals surface area (Å²) in [6, 6.07) is 0. The summed E-state index contributed by atoms with van der Waals surface area (Å²) in [4.78, 5) is 0. The minimum Gasteiger partial charge on any atom is -0.510 e. The molecule has 0 fully saturated rings. The molecule has 0 aromatic rings. The minimum absolute atomic E-state index is 0.0412. The van der Waals surface area contributed by atoms with Gasteiger partial charge in [0.25, 0.3) is 0 Å². The van der Waals surface area contributed by atoms with E-state index in [1.54, 1.807) is 0 Å². The third kappa shape index (κ3) is 7.04. The van der Waals surface area contributed by atoms with Crippen molar-refractivity contribution in [3.63, 3.8) is 0 Å². The zero-order valence-electron chi connectivity index (χ0n) is 5.13. The van der Waals surface area contributed by atoms with Crippen molar-refractivity contribution in [2.45, 2.75) is 0 Å². The summed E-state index contributed by atoms with van der Waals surface area (Å²) >= 11 is 0. The molecule has 9 heavy (non-hydrogen) atoms. The Balaban J connectivity index is 3.10. The molecule has 3 heteroatoms. The number of hydrogen-bond acceptors (Lipinski definition) is 3. The van der Waals surface area contributed by atoms with Crippen molar-refractivity contribution >= 4 is 0 Å². The van der Waals surface area contributed by atoms with E-state index in [1.807, 2.05) is 0 Å². The maximum absolute atomic E-state index is 8.43. The van der Waals surface area contributed by atoms with Crippen molar-refractivity contribution in [2.24, 2.45) is 0 Å². The second-order valence-corrected chi connectivity index (χ2v) is 1.63. The van der Waals surface area contributed by atoms with Crippen molar-refractivity contribution in [1.29, 1.82) is 0 Å². The Bertz CT molecular complexity index is 103. The summed E-state index contributed by atoms with van der Waals surface area (Å²) in [6.45, 7) is 6.42. The average molecular weight is 130 g/mol. The van der Waals surface area contributed by atoms with E-state index < -0.39 is 0 Å². The molecule has 0 heterocycles. The standard InChI is InChI=1S/C6H10O3/c1-5(7)3-9-4-6(2)8/h7-8H,1-4H2. The summed E-state index contributed by atoms with van der Waals surface area (Å²) in [5.41, 5.74) is 0. The fraction of sp³-hybridized carbons (Fsp3) is 0.333. The smallest absolute Gasteiger partial charge is 0.111 e. The molecule has 0 amide bonds. The second kappa shape index (κ2) is 3.97. The normalized spacial score (nSPS) is 8.89. The molecular formula is C6H10O3. The Hall–Kier alpha value is -0.960. The van der Waals surface area contributed by atoms with E-state index in [4.69, 9.17) is 10.2 Å². The van der Waals surface area contributed by atoms with E-state index in [0.717, 1.165) is 0 Å². The van der Waals surface area contributed by atoms with E-state index in [2.05, 4.69) is 17.9 Å². The Morgan fingerprint density at radius 3 is 1.67 bits per heavy atom. The first kappa shape index (κ1) is 8.04. The fourth-order valence-electron chi connectivity index (χ4n) is 0.287. The lowest BCUT2D eigenvalue weighted by atomic mass is 10.6. The highest BCUT2D eigenvalue weighted by atomic mass is 16.5. The van der Waals surface area contributed by atoms with Gasteiger partial charge in [0.1, 0.15) is 24.7 Å². The van der Waals surface area contributed by atoms with Gasteiger partial charge in [0.15, 0.2) is 0 Å². The molecule has 0 aliphatic carbocycles. The molecule has 3 nitrogen and oxygen atoms in total. The van der Waals surface area contributed by atoms with Crippen molar-refractivity contribution in [1.82, 2.24) is 0 Å². The van der Waals surface area contributed by atoms with Crippen LogP contribution in [-0.4, -0.2) is 23.4 Å².